The quantitative estimate of drug-likeness (QED) is 0.888. The van der Waals surface area contributed by atoms with Crippen LogP contribution in [0.4, 0.5) is 13.2 Å². The molecule has 1 amide bonds. The first-order valence-corrected chi connectivity index (χ1v) is 7.74. The Bertz CT molecular complexity index is 798. The number of carbonyl (C=O) groups is 1. The van der Waals surface area contributed by atoms with Crippen LogP contribution in [0.5, 0.6) is 0 Å². The maximum Gasteiger partial charge on any atom is 0.409 e. The lowest BCUT2D eigenvalue weighted by Crippen LogP contribution is -2.51. The van der Waals surface area contributed by atoms with Crippen molar-refractivity contribution in [3.63, 3.8) is 0 Å². The summed E-state index contributed by atoms with van der Waals surface area (Å²) in [5, 5.41) is 2.67. The molecule has 2 aromatic rings. The van der Waals surface area contributed by atoms with Crippen LogP contribution in [-0.2, 0) is 4.79 Å². The van der Waals surface area contributed by atoms with E-state index in [0.717, 1.165) is 21.3 Å². The topological polar surface area (TPSA) is 32.3 Å². The monoisotopic (exact) mass is 336 g/mol. The van der Waals surface area contributed by atoms with E-state index in [1.807, 2.05) is 25.1 Å². The number of carbonyl (C=O) groups excluding carboxylic acids is 1. The Kier molecular flexibility index (Phi) is 3.83. The number of alkyl halides is 3. The minimum Gasteiger partial charge on any atom is -0.287 e. The Balaban J connectivity index is 2.12. The molecule has 0 spiro atoms. The Morgan fingerprint density at radius 1 is 1.12 bits per heavy atom. The van der Waals surface area contributed by atoms with E-state index in [0.29, 0.717) is 0 Å². The lowest BCUT2D eigenvalue weighted by molar-refractivity contribution is -0.203. The second kappa shape index (κ2) is 5.48. The van der Waals surface area contributed by atoms with E-state index in [-0.39, 0.29) is 12.0 Å². The molecule has 1 aliphatic rings. The Morgan fingerprint density at radius 3 is 2.38 bits per heavy atom. The molecule has 1 atom stereocenters. The number of amides is 1. The molecule has 0 saturated carbocycles. The predicted octanol–water partition coefficient (Wildman–Crippen LogP) is 4.27. The van der Waals surface area contributed by atoms with Gasteiger partial charge in [-0.1, -0.05) is 35.9 Å². The number of hydrazine groups is 1. The molecule has 1 N–H and O–H groups in total. The third-order valence-electron chi connectivity index (χ3n) is 4.39. The first-order chi connectivity index (χ1) is 11.1. The van der Waals surface area contributed by atoms with Crippen LogP contribution in [0.3, 0.4) is 0 Å². The largest absolute Gasteiger partial charge is 0.409 e. The Labute approximate surface area is 138 Å². The highest BCUT2D eigenvalue weighted by molar-refractivity contribution is 5.84. The number of hydrogen-bond donors (Lipinski definition) is 1. The molecule has 1 fully saturated rings. The molecular formula is C18H19F3N2O. The fourth-order valence-electron chi connectivity index (χ4n) is 3.26. The van der Waals surface area contributed by atoms with Crippen LogP contribution in [0.1, 0.15) is 37.4 Å². The maximum absolute atomic E-state index is 13.8. The molecule has 6 heteroatoms. The number of benzene rings is 2. The van der Waals surface area contributed by atoms with Gasteiger partial charge in [0.1, 0.15) is 0 Å². The van der Waals surface area contributed by atoms with Crippen LogP contribution in [0, 0.1) is 6.92 Å². The molecule has 128 valence electrons. The highest BCUT2D eigenvalue weighted by Crippen LogP contribution is 2.43. The maximum atomic E-state index is 13.8. The summed E-state index contributed by atoms with van der Waals surface area (Å²) < 4.78 is 41.4. The molecule has 24 heavy (non-hydrogen) atoms. The van der Waals surface area contributed by atoms with Crippen molar-refractivity contribution in [3.8, 4) is 0 Å². The molecular weight excluding hydrogens is 317 g/mol. The van der Waals surface area contributed by atoms with E-state index < -0.39 is 23.7 Å². The molecule has 1 heterocycles. The van der Waals surface area contributed by atoms with E-state index >= 15 is 0 Å². The molecule has 1 aliphatic heterocycles. The normalized spacial score (nSPS) is 19.5. The van der Waals surface area contributed by atoms with Gasteiger partial charge in [-0.3, -0.25) is 10.2 Å². The highest BCUT2D eigenvalue weighted by Gasteiger charge is 2.52. The van der Waals surface area contributed by atoms with Crippen LogP contribution in [0.2, 0.25) is 0 Å². The molecule has 3 nitrogen and oxygen atoms in total. The lowest BCUT2D eigenvalue weighted by Gasteiger charge is -2.38. The zero-order valence-corrected chi connectivity index (χ0v) is 13.7. The first kappa shape index (κ1) is 16.8. The van der Waals surface area contributed by atoms with Gasteiger partial charge in [-0.2, -0.15) is 18.2 Å². The third-order valence-corrected chi connectivity index (χ3v) is 4.39. The van der Waals surface area contributed by atoms with Gasteiger partial charge in [-0.15, -0.1) is 0 Å². The van der Waals surface area contributed by atoms with E-state index in [9.17, 15) is 18.0 Å². The molecule has 3 rings (SSSR count). The van der Waals surface area contributed by atoms with Gasteiger partial charge in [0.2, 0.25) is 5.91 Å². The predicted molar refractivity (Wildman–Crippen MR) is 86.2 cm³/mol. The van der Waals surface area contributed by atoms with Gasteiger partial charge in [0.25, 0.3) is 0 Å². The summed E-state index contributed by atoms with van der Waals surface area (Å²) in [4.78, 5) is 11.7. The molecule has 0 radical (unpaired) electrons. The van der Waals surface area contributed by atoms with Crippen molar-refractivity contribution in [1.29, 1.82) is 0 Å². The number of aryl methyl sites for hydroxylation is 1. The van der Waals surface area contributed by atoms with Crippen molar-refractivity contribution in [1.82, 2.24) is 10.4 Å². The molecule has 1 unspecified atom stereocenters. The van der Waals surface area contributed by atoms with Gasteiger partial charge in [-0.25, -0.2) is 0 Å². The SMILES string of the molecule is Cc1ccc2ccc(C(N3NC(=O)CC3(C)C)C(F)(F)F)cc2c1. The van der Waals surface area contributed by atoms with Crippen LogP contribution in [-0.4, -0.2) is 22.6 Å². The molecule has 0 aliphatic carbocycles. The van der Waals surface area contributed by atoms with Crippen molar-refractivity contribution in [2.75, 3.05) is 0 Å². The smallest absolute Gasteiger partial charge is 0.287 e. The van der Waals surface area contributed by atoms with Crippen molar-refractivity contribution in [2.45, 2.75) is 44.9 Å². The van der Waals surface area contributed by atoms with Crippen molar-refractivity contribution < 1.29 is 18.0 Å². The molecule has 1 saturated heterocycles. The van der Waals surface area contributed by atoms with E-state index in [2.05, 4.69) is 5.43 Å². The minimum absolute atomic E-state index is 0.0340. The van der Waals surface area contributed by atoms with Crippen molar-refractivity contribution in [2.24, 2.45) is 0 Å². The minimum atomic E-state index is -4.51. The van der Waals surface area contributed by atoms with Gasteiger partial charge in [0, 0.05) is 12.0 Å². The number of nitrogens with one attached hydrogen (secondary N) is 1. The third kappa shape index (κ3) is 2.98. The van der Waals surface area contributed by atoms with Crippen LogP contribution in [0.15, 0.2) is 36.4 Å². The van der Waals surface area contributed by atoms with Gasteiger partial charge in [0.15, 0.2) is 6.04 Å². The fraction of sp³-hybridized carbons (Fsp3) is 0.389. The summed E-state index contributed by atoms with van der Waals surface area (Å²) in [6.07, 6.45) is -4.47. The number of rotatable bonds is 2. The summed E-state index contributed by atoms with van der Waals surface area (Å²) >= 11 is 0. The molecule has 0 aromatic heterocycles. The molecule has 2 aromatic carbocycles. The standard InChI is InChI=1S/C18H19F3N2O/c1-11-4-5-12-6-7-13(9-14(12)8-11)16(18(19,20)21)23-17(2,3)10-15(24)22-23/h4-9,16H,10H2,1-3H3,(H,22,24). The van der Waals surface area contributed by atoms with Crippen LogP contribution >= 0.6 is 0 Å². The van der Waals surface area contributed by atoms with Crippen molar-refractivity contribution in [3.05, 3.63) is 47.5 Å². The Morgan fingerprint density at radius 2 is 1.79 bits per heavy atom. The van der Waals surface area contributed by atoms with Gasteiger partial charge in [-0.05, 0) is 43.2 Å². The Hall–Kier alpha value is -2.08. The summed E-state index contributed by atoms with van der Waals surface area (Å²) in [5.74, 6) is -0.397. The van der Waals surface area contributed by atoms with E-state index in [1.165, 1.54) is 6.07 Å². The highest BCUT2D eigenvalue weighted by atomic mass is 19.4. The van der Waals surface area contributed by atoms with Crippen LogP contribution in [0.25, 0.3) is 10.8 Å². The number of fused-ring (bicyclic) bond motifs is 1. The zero-order valence-electron chi connectivity index (χ0n) is 13.7. The van der Waals surface area contributed by atoms with Gasteiger partial charge in [0.05, 0.1) is 0 Å². The zero-order chi connectivity index (χ0) is 17.7. The first-order valence-electron chi connectivity index (χ1n) is 7.74. The van der Waals surface area contributed by atoms with Gasteiger partial charge < -0.3 is 0 Å². The fourth-order valence-corrected chi connectivity index (χ4v) is 3.26. The number of nitrogens with zero attached hydrogens (tertiary/aromatic N) is 1. The van der Waals surface area contributed by atoms with Crippen LogP contribution < -0.4 is 5.43 Å². The molecule has 0 bridgehead atoms. The van der Waals surface area contributed by atoms with Gasteiger partial charge >= 0.3 is 6.18 Å². The van der Waals surface area contributed by atoms with E-state index in [1.54, 1.807) is 26.0 Å². The summed E-state index contributed by atoms with van der Waals surface area (Å²) in [7, 11) is 0. The number of halogens is 3. The van der Waals surface area contributed by atoms with Crippen molar-refractivity contribution >= 4 is 16.7 Å². The summed E-state index contributed by atoms with van der Waals surface area (Å²) in [6.45, 7) is 5.17. The average Bonchev–Trinajstić information content (AvgIpc) is 2.70. The second-order valence-electron chi connectivity index (χ2n) is 6.95. The number of hydrogen-bond acceptors (Lipinski definition) is 2. The van der Waals surface area contributed by atoms with E-state index in [4.69, 9.17) is 0 Å². The summed E-state index contributed by atoms with van der Waals surface area (Å²) in [6, 6.07) is 8.51. The summed E-state index contributed by atoms with van der Waals surface area (Å²) in [5.41, 5.74) is 2.57. The average molecular weight is 336 g/mol. The second-order valence-corrected chi connectivity index (χ2v) is 6.95. The lowest BCUT2D eigenvalue weighted by atomic mass is 9.95.